The first kappa shape index (κ1) is 29.8. The molecule has 0 aromatic rings. The van der Waals surface area contributed by atoms with Crippen LogP contribution in [0.1, 0.15) is 96.8 Å². The highest BCUT2D eigenvalue weighted by atomic mass is 35.5. The number of hydrogen-bond donors (Lipinski definition) is 5. The van der Waals surface area contributed by atoms with Crippen LogP contribution < -0.4 is 27.0 Å². The van der Waals surface area contributed by atoms with Crippen molar-refractivity contribution in [1.29, 1.82) is 0 Å². The van der Waals surface area contributed by atoms with Gasteiger partial charge in [-0.3, -0.25) is 25.4 Å². The van der Waals surface area contributed by atoms with Gasteiger partial charge in [0.1, 0.15) is 6.17 Å². The standard InChI is InChI=1S/C28H47Cl2FN6O2/c1-17-25(28(37-39-17)12-4-2-3-5-13-28)26(38)34-27(32-16-19-8-11-21(31)14-22(19)30)33-24-15-23(35-36-24)18-6-9-20(29)10-7-18/h17-25,35-37H,2-16H2,1H3,(H2,32,33,34,38). The number of carbonyl (C=O) groups excluding carboxylic acids is 1. The lowest BCUT2D eigenvalue weighted by Crippen LogP contribution is -2.56. The first-order valence-corrected chi connectivity index (χ1v) is 16.2. The molecule has 0 radical (unpaired) electrons. The van der Waals surface area contributed by atoms with Gasteiger partial charge in [0.2, 0.25) is 5.91 Å². The number of aliphatic imine (C=N–C) groups is 1. The lowest BCUT2D eigenvalue weighted by Gasteiger charge is -2.33. The second-order valence-corrected chi connectivity index (χ2v) is 13.9. The number of nitrogens with one attached hydrogen (secondary N) is 5. The lowest BCUT2D eigenvalue weighted by molar-refractivity contribution is -0.126. The van der Waals surface area contributed by atoms with E-state index in [1.807, 2.05) is 6.92 Å². The predicted molar refractivity (Wildman–Crippen MR) is 153 cm³/mol. The summed E-state index contributed by atoms with van der Waals surface area (Å²) in [6.07, 6.45) is 12.1. The molecule has 7 unspecified atom stereocenters. The van der Waals surface area contributed by atoms with Crippen LogP contribution in [0.3, 0.4) is 0 Å². The number of carbonyl (C=O) groups is 1. The number of alkyl halides is 3. The minimum atomic E-state index is -0.836. The SMILES string of the molecule is CC1ONC2(CCCCCC2)C1C(=O)NC(=NCC1CCC(F)CC1Cl)NC1CC(C2CCC(Cl)CC2)NN1. The fraction of sp³-hybridized carbons (Fsp3) is 0.929. The molecule has 0 aromatic heterocycles. The summed E-state index contributed by atoms with van der Waals surface area (Å²) >= 11 is 12.8. The largest absolute Gasteiger partial charge is 0.339 e. The van der Waals surface area contributed by atoms with Gasteiger partial charge in [0.15, 0.2) is 5.96 Å². The van der Waals surface area contributed by atoms with Crippen LogP contribution in [0.4, 0.5) is 4.39 Å². The molecular weight excluding hydrogens is 542 g/mol. The van der Waals surface area contributed by atoms with Crippen molar-refractivity contribution < 1.29 is 14.0 Å². The fourth-order valence-corrected chi connectivity index (χ4v) is 8.17. The van der Waals surface area contributed by atoms with Crippen LogP contribution in [0.5, 0.6) is 0 Å². The van der Waals surface area contributed by atoms with Crippen LogP contribution in [-0.4, -0.2) is 59.2 Å². The number of rotatable bonds is 5. The zero-order valence-corrected chi connectivity index (χ0v) is 24.7. The molecule has 2 heterocycles. The minimum Gasteiger partial charge on any atom is -0.339 e. The Bertz CT molecular complexity index is 852. The molecule has 5 fully saturated rings. The van der Waals surface area contributed by atoms with E-state index < -0.39 is 6.17 Å². The zero-order chi connectivity index (χ0) is 27.4. The van der Waals surface area contributed by atoms with Crippen LogP contribution >= 0.6 is 23.2 Å². The molecule has 5 N–H and O–H groups in total. The highest BCUT2D eigenvalue weighted by molar-refractivity contribution is 6.21. The molecule has 3 aliphatic carbocycles. The maximum atomic E-state index is 13.9. The predicted octanol–water partition coefficient (Wildman–Crippen LogP) is 4.42. The van der Waals surface area contributed by atoms with Gasteiger partial charge in [-0.05, 0) is 83.0 Å². The number of halogens is 3. The van der Waals surface area contributed by atoms with Crippen molar-refractivity contribution in [3.63, 3.8) is 0 Å². The van der Waals surface area contributed by atoms with Gasteiger partial charge in [-0.15, -0.1) is 23.2 Å². The highest BCUT2D eigenvalue weighted by Gasteiger charge is 2.52. The molecule has 8 nitrogen and oxygen atoms in total. The Hall–Kier alpha value is -0.710. The van der Waals surface area contributed by atoms with Gasteiger partial charge in [-0.1, -0.05) is 25.7 Å². The molecule has 11 heteroatoms. The van der Waals surface area contributed by atoms with Gasteiger partial charge in [-0.25, -0.2) is 9.82 Å². The highest BCUT2D eigenvalue weighted by Crippen LogP contribution is 2.40. The van der Waals surface area contributed by atoms with Crippen molar-refractivity contribution in [2.45, 2.75) is 138 Å². The molecular formula is C28H47Cl2FN6O2. The smallest absolute Gasteiger partial charge is 0.234 e. The Kier molecular flexibility index (Phi) is 10.3. The van der Waals surface area contributed by atoms with E-state index in [1.165, 1.54) is 12.8 Å². The Morgan fingerprint density at radius 2 is 1.77 bits per heavy atom. The summed E-state index contributed by atoms with van der Waals surface area (Å²) in [7, 11) is 0. The summed E-state index contributed by atoms with van der Waals surface area (Å²) in [5, 5.41) is 6.67. The van der Waals surface area contributed by atoms with Crippen LogP contribution in [-0.2, 0) is 9.63 Å². The summed E-state index contributed by atoms with van der Waals surface area (Å²) in [6, 6.07) is 0.345. The lowest BCUT2D eigenvalue weighted by atomic mass is 9.76. The molecule has 0 aromatic carbocycles. The Morgan fingerprint density at radius 3 is 2.49 bits per heavy atom. The Morgan fingerprint density at radius 1 is 1.03 bits per heavy atom. The van der Waals surface area contributed by atoms with Crippen LogP contribution in [0, 0.1) is 17.8 Å². The molecule has 7 atom stereocenters. The van der Waals surface area contributed by atoms with Crippen molar-refractivity contribution in [3.05, 3.63) is 0 Å². The van der Waals surface area contributed by atoms with Crippen molar-refractivity contribution >= 4 is 35.1 Å². The third-order valence-electron chi connectivity index (χ3n) is 9.87. The maximum Gasteiger partial charge on any atom is 0.234 e. The van der Waals surface area contributed by atoms with Gasteiger partial charge in [0.25, 0.3) is 0 Å². The number of guanidine groups is 1. The third kappa shape index (κ3) is 7.39. The molecule has 5 aliphatic rings. The fourth-order valence-electron chi connectivity index (χ4n) is 7.52. The van der Waals surface area contributed by atoms with Gasteiger partial charge >= 0.3 is 0 Å². The summed E-state index contributed by atoms with van der Waals surface area (Å²) < 4.78 is 13.8. The molecule has 0 bridgehead atoms. The minimum absolute atomic E-state index is 0.0709. The monoisotopic (exact) mass is 588 g/mol. The van der Waals surface area contributed by atoms with Crippen LogP contribution in [0.25, 0.3) is 0 Å². The van der Waals surface area contributed by atoms with E-state index in [-0.39, 0.29) is 40.9 Å². The first-order chi connectivity index (χ1) is 18.8. The molecule has 5 rings (SSSR count). The molecule has 39 heavy (non-hydrogen) atoms. The molecule has 2 saturated heterocycles. The number of amides is 1. The van der Waals surface area contributed by atoms with Crippen molar-refractivity contribution in [2.75, 3.05) is 6.54 Å². The first-order valence-electron chi connectivity index (χ1n) is 15.3. The van der Waals surface area contributed by atoms with E-state index in [0.717, 1.165) is 57.8 Å². The molecule has 3 saturated carbocycles. The second-order valence-electron chi connectivity index (χ2n) is 12.7. The van der Waals surface area contributed by atoms with E-state index in [9.17, 15) is 9.18 Å². The second kappa shape index (κ2) is 13.5. The van der Waals surface area contributed by atoms with E-state index in [4.69, 9.17) is 33.0 Å². The van der Waals surface area contributed by atoms with E-state index in [2.05, 4.69) is 27.0 Å². The molecule has 1 spiro atoms. The zero-order valence-electron chi connectivity index (χ0n) is 23.2. The maximum absolute atomic E-state index is 13.9. The van der Waals surface area contributed by atoms with E-state index >= 15 is 0 Å². The van der Waals surface area contributed by atoms with Crippen molar-refractivity contribution in [2.24, 2.45) is 22.7 Å². The normalized spacial score (nSPS) is 41.3. The van der Waals surface area contributed by atoms with Gasteiger partial charge < -0.3 is 5.32 Å². The Balaban J connectivity index is 1.26. The summed E-state index contributed by atoms with van der Waals surface area (Å²) in [6.45, 7) is 2.42. The Labute approximate surface area is 242 Å². The van der Waals surface area contributed by atoms with Crippen LogP contribution in [0.15, 0.2) is 4.99 Å². The van der Waals surface area contributed by atoms with Gasteiger partial charge in [-0.2, -0.15) is 5.48 Å². The molecule has 222 valence electrons. The topological polar surface area (TPSA) is 98.8 Å². The average molecular weight is 590 g/mol. The number of nitrogens with zero attached hydrogens (tertiary/aromatic N) is 1. The molecule has 1 amide bonds. The van der Waals surface area contributed by atoms with Crippen molar-refractivity contribution in [3.8, 4) is 0 Å². The number of hydroxylamine groups is 1. The third-order valence-corrected chi connectivity index (χ3v) is 10.8. The van der Waals surface area contributed by atoms with Gasteiger partial charge in [0.05, 0.1) is 23.7 Å². The summed E-state index contributed by atoms with van der Waals surface area (Å²) in [5.74, 6) is 0.749. The summed E-state index contributed by atoms with van der Waals surface area (Å²) in [5.41, 5.74) is 9.77. The molecule has 2 aliphatic heterocycles. The average Bonchev–Trinajstić information content (AvgIpc) is 3.41. The van der Waals surface area contributed by atoms with Crippen molar-refractivity contribution in [1.82, 2.24) is 27.0 Å². The van der Waals surface area contributed by atoms with Gasteiger partial charge in [0, 0.05) is 23.3 Å². The van der Waals surface area contributed by atoms with Crippen LogP contribution in [0.2, 0.25) is 0 Å². The summed E-state index contributed by atoms with van der Waals surface area (Å²) in [4.78, 5) is 24.6. The number of hydrogen-bond acceptors (Lipinski definition) is 6. The van der Waals surface area contributed by atoms with E-state index in [0.29, 0.717) is 49.1 Å². The van der Waals surface area contributed by atoms with E-state index in [1.54, 1.807) is 0 Å². The quantitative estimate of drug-likeness (QED) is 0.185. The number of hydrazine groups is 1.